The molecule has 2 amide bonds. The highest BCUT2D eigenvalue weighted by molar-refractivity contribution is 5.96. The third-order valence-electron chi connectivity index (χ3n) is 3.60. The normalized spacial score (nSPS) is 10.5. The molecule has 6 nitrogen and oxygen atoms in total. The highest BCUT2D eigenvalue weighted by Gasteiger charge is 2.07. The zero-order valence-corrected chi connectivity index (χ0v) is 13.3. The summed E-state index contributed by atoms with van der Waals surface area (Å²) in [6, 6.07) is 14.6. The van der Waals surface area contributed by atoms with Gasteiger partial charge in [0.05, 0.1) is 17.6 Å². The van der Waals surface area contributed by atoms with Crippen LogP contribution in [0.4, 0.5) is 0 Å². The Morgan fingerprint density at radius 2 is 1.88 bits per heavy atom. The number of aryl methyl sites for hydroxylation is 1. The zero-order valence-electron chi connectivity index (χ0n) is 13.3. The fourth-order valence-corrected chi connectivity index (χ4v) is 2.41. The molecule has 122 valence electrons. The number of hydrogen-bond donors (Lipinski definition) is 3. The Kier molecular flexibility index (Phi) is 4.56. The first-order valence-electron chi connectivity index (χ1n) is 7.67. The van der Waals surface area contributed by atoms with Crippen molar-refractivity contribution >= 4 is 22.8 Å². The molecule has 0 saturated heterocycles. The van der Waals surface area contributed by atoms with Crippen LogP contribution < -0.4 is 10.6 Å². The lowest BCUT2D eigenvalue weighted by atomic mass is 10.2. The number of imidazole rings is 1. The molecular weight excluding hydrogens is 304 g/mol. The van der Waals surface area contributed by atoms with Crippen molar-refractivity contribution in [2.45, 2.75) is 13.5 Å². The number of H-pyrrole nitrogens is 1. The van der Waals surface area contributed by atoms with E-state index in [1.165, 1.54) is 0 Å². The second-order valence-electron chi connectivity index (χ2n) is 5.50. The van der Waals surface area contributed by atoms with Crippen LogP contribution in [-0.4, -0.2) is 28.3 Å². The second-order valence-corrected chi connectivity index (χ2v) is 5.50. The van der Waals surface area contributed by atoms with Gasteiger partial charge in [-0.25, -0.2) is 4.98 Å². The summed E-state index contributed by atoms with van der Waals surface area (Å²) in [5, 5.41) is 5.39. The Balaban J connectivity index is 1.50. The Bertz CT molecular complexity index is 871. The molecule has 3 aromatic rings. The van der Waals surface area contributed by atoms with Gasteiger partial charge in [0.1, 0.15) is 5.82 Å². The van der Waals surface area contributed by atoms with Gasteiger partial charge in [0.2, 0.25) is 5.91 Å². The number of carbonyl (C=O) groups excluding carboxylic acids is 2. The lowest BCUT2D eigenvalue weighted by Gasteiger charge is -2.07. The van der Waals surface area contributed by atoms with Gasteiger partial charge < -0.3 is 15.6 Å². The molecule has 1 heterocycles. The van der Waals surface area contributed by atoms with Crippen LogP contribution in [0.25, 0.3) is 11.0 Å². The summed E-state index contributed by atoms with van der Waals surface area (Å²) in [5.41, 5.74) is 3.34. The minimum absolute atomic E-state index is 0.0564. The molecule has 0 saturated carbocycles. The molecule has 0 aliphatic rings. The van der Waals surface area contributed by atoms with E-state index in [0.29, 0.717) is 12.1 Å². The number of nitrogens with zero attached hydrogens (tertiary/aromatic N) is 1. The third-order valence-corrected chi connectivity index (χ3v) is 3.60. The van der Waals surface area contributed by atoms with Gasteiger partial charge in [-0.2, -0.15) is 0 Å². The first kappa shape index (κ1) is 15.7. The van der Waals surface area contributed by atoms with Gasteiger partial charge in [-0.3, -0.25) is 9.59 Å². The molecule has 6 heteroatoms. The molecule has 0 aliphatic carbocycles. The van der Waals surface area contributed by atoms with E-state index >= 15 is 0 Å². The van der Waals surface area contributed by atoms with Crippen molar-refractivity contribution < 1.29 is 9.59 Å². The van der Waals surface area contributed by atoms with Crippen LogP contribution in [0.2, 0.25) is 0 Å². The molecule has 0 radical (unpaired) electrons. The molecule has 0 unspecified atom stereocenters. The van der Waals surface area contributed by atoms with Crippen molar-refractivity contribution in [2.24, 2.45) is 0 Å². The molecule has 0 spiro atoms. The van der Waals surface area contributed by atoms with Crippen molar-refractivity contribution in [1.82, 2.24) is 20.6 Å². The van der Waals surface area contributed by atoms with E-state index in [1.54, 1.807) is 24.3 Å². The lowest BCUT2D eigenvalue weighted by Crippen LogP contribution is -2.36. The van der Waals surface area contributed by atoms with Crippen molar-refractivity contribution in [2.75, 3.05) is 6.54 Å². The molecule has 0 bridgehead atoms. The van der Waals surface area contributed by atoms with Gasteiger partial charge in [-0.1, -0.05) is 24.3 Å². The summed E-state index contributed by atoms with van der Waals surface area (Å²) in [5.74, 6) is 0.357. The van der Waals surface area contributed by atoms with E-state index in [-0.39, 0.29) is 18.4 Å². The van der Waals surface area contributed by atoms with Crippen LogP contribution in [0, 0.1) is 6.92 Å². The molecule has 0 fully saturated rings. The topological polar surface area (TPSA) is 86.9 Å². The molecule has 0 atom stereocenters. The zero-order chi connectivity index (χ0) is 16.9. The average Bonchev–Trinajstić information content (AvgIpc) is 2.97. The van der Waals surface area contributed by atoms with E-state index in [2.05, 4.69) is 20.6 Å². The number of hydrogen-bond acceptors (Lipinski definition) is 3. The summed E-state index contributed by atoms with van der Waals surface area (Å²) in [6.07, 6.45) is 0. The number of carbonyl (C=O) groups is 2. The maximum absolute atomic E-state index is 11.9. The first-order valence-corrected chi connectivity index (χ1v) is 7.67. The van der Waals surface area contributed by atoms with Gasteiger partial charge in [0, 0.05) is 12.1 Å². The summed E-state index contributed by atoms with van der Waals surface area (Å²) < 4.78 is 0. The standard InChI is InChI=1S/C18H18N4O2/c1-12-21-15-8-7-13(9-16(15)22-12)10-19-17(23)11-20-18(24)14-5-3-2-4-6-14/h2-9H,10-11H2,1H3,(H,19,23)(H,20,24)(H,21,22). The number of aromatic amines is 1. The molecule has 3 N–H and O–H groups in total. The largest absolute Gasteiger partial charge is 0.350 e. The summed E-state index contributed by atoms with van der Waals surface area (Å²) in [7, 11) is 0. The van der Waals surface area contributed by atoms with E-state index in [1.807, 2.05) is 31.2 Å². The summed E-state index contributed by atoms with van der Waals surface area (Å²) in [4.78, 5) is 31.2. The Morgan fingerprint density at radius 3 is 2.67 bits per heavy atom. The minimum atomic E-state index is -0.264. The molecule has 1 aromatic heterocycles. The van der Waals surface area contributed by atoms with Crippen LogP contribution >= 0.6 is 0 Å². The number of fused-ring (bicyclic) bond motifs is 1. The van der Waals surface area contributed by atoms with E-state index in [4.69, 9.17) is 0 Å². The Hall–Kier alpha value is -3.15. The first-order chi connectivity index (χ1) is 11.6. The van der Waals surface area contributed by atoms with Crippen LogP contribution in [-0.2, 0) is 11.3 Å². The molecular formula is C18H18N4O2. The maximum Gasteiger partial charge on any atom is 0.251 e. The number of rotatable bonds is 5. The number of nitrogens with one attached hydrogen (secondary N) is 3. The van der Waals surface area contributed by atoms with Gasteiger partial charge >= 0.3 is 0 Å². The number of benzene rings is 2. The fourth-order valence-electron chi connectivity index (χ4n) is 2.41. The summed E-state index contributed by atoms with van der Waals surface area (Å²) >= 11 is 0. The molecule has 0 aliphatic heterocycles. The van der Waals surface area contributed by atoms with E-state index in [9.17, 15) is 9.59 Å². The van der Waals surface area contributed by atoms with Crippen LogP contribution in [0.1, 0.15) is 21.7 Å². The third kappa shape index (κ3) is 3.78. The number of aromatic nitrogens is 2. The Labute approximate surface area is 139 Å². The average molecular weight is 322 g/mol. The SMILES string of the molecule is Cc1nc2ccc(CNC(=O)CNC(=O)c3ccccc3)cc2[nH]1. The fraction of sp³-hybridized carbons (Fsp3) is 0.167. The van der Waals surface area contributed by atoms with Gasteiger partial charge in [-0.05, 0) is 36.8 Å². The lowest BCUT2D eigenvalue weighted by molar-refractivity contribution is -0.120. The van der Waals surface area contributed by atoms with Crippen molar-refractivity contribution in [1.29, 1.82) is 0 Å². The molecule has 2 aromatic carbocycles. The quantitative estimate of drug-likeness (QED) is 0.671. The highest BCUT2D eigenvalue weighted by atomic mass is 16.2. The van der Waals surface area contributed by atoms with Crippen LogP contribution in [0.3, 0.4) is 0 Å². The van der Waals surface area contributed by atoms with Crippen molar-refractivity contribution in [3.8, 4) is 0 Å². The van der Waals surface area contributed by atoms with Crippen LogP contribution in [0.15, 0.2) is 48.5 Å². The van der Waals surface area contributed by atoms with Crippen molar-refractivity contribution in [3.05, 3.63) is 65.5 Å². The predicted molar refractivity (Wildman–Crippen MR) is 91.5 cm³/mol. The molecule has 24 heavy (non-hydrogen) atoms. The predicted octanol–water partition coefficient (Wildman–Crippen LogP) is 1.92. The maximum atomic E-state index is 11.9. The monoisotopic (exact) mass is 322 g/mol. The second kappa shape index (κ2) is 6.95. The molecule has 3 rings (SSSR count). The smallest absolute Gasteiger partial charge is 0.251 e. The highest BCUT2D eigenvalue weighted by Crippen LogP contribution is 2.13. The summed E-state index contributed by atoms with van der Waals surface area (Å²) in [6.45, 7) is 2.24. The van der Waals surface area contributed by atoms with Gasteiger partial charge in [-0.15, -0.1) is 0 Å². The van der Waals surface area contributed by atoms with E-state index in [0.717, 1.165) is 22.4 Å². The van der Waals surface area contributed by atoms with E-state index < -0.39 is 0 Å². The Morgan fingerprint density at radius 1 is 1.08 bits per heavy atom. The number of amides is 2. The minimum Gasteiger partial charge on any atom is -0.350 e. The van der Waals surface area contributed by atoms with Crippen molar-refractivity contribution in [3.63, 3.8) is 0 Å². The van der Waals surface area contributed by atoms with Gasteiger partial charge in [0.15, 0.2) is 0 Å². The van der Waals surface area contributed by atoms with Crippen LogP contribution in [0.5, 0.6) is 0 Å². The van der Waals surface area contributed by atoms with Gasteiger partial charge in [0.25, 0.3) is 5.91 Å².